The molecule has 3 rings (SSSR count). The van der Waals surface area contributed by atoms with Gasteiger partial charge < -0.3 is 4.74 Å². The summed E-state index contributed by atoms with van der Waals surface area (Å²) in [5.41, 5.74) is 5.74. The number of benzene rings is 1. The lowest BCUT2D eigenvalue weighted by atomic mass is 9.72. The van der Waals surface area contributed by atoms with Gasteiger partial charge in [-0.3, -0.25) is 14.4 Å². The molecule has 2 aliphatic rings. The molecule has 1 aromatic carbocycles. The van der Waals surface area contributed by atoms with Crippen molar-refractivity contribution < 1.29 is 19.1 Å². The van der Waals surface area contributed by atoms with Gasteiger partial charge in [0, 0.05) is 31.2 Å². The van der Waals surface area contributed by atoms with Gasteiger partial charge in [0.1, 0.15) is 11.7 Å². The highest BCUT2D eigenvalue weighted by Crippen LogP contribution is 2.44. The van der Waals surface area contributed by atoms with Crippen LogP contribution in [-0.4, -0.2) is 24.0 Å². The molecule has 134 valence electrons. The maximum atomic E-state index is 12.6. The van der Waals surface area contributed by atoms with Crippen LogP contribution in [-0.2, 0) is 20.8 Å². The number of ether oxygens (including phenoxy) is 1. The van der Waals surface area contributed by atoms with Gasteiger partial charge in [-0.2, -0.15) is 0 Å². The first-order chi connectivity index (χ1) is 11.9. The average Bonchev–Trinajstić information content (AvgIpc) is 3.02. The van der Waals surface area contributed by atoms with Crippen molar-refractivity contribution in [1.29, 1.82) is 0 Å². The molecular weight excluding hydrogens is 316 g/mol. The standard InChI is InChI=1S/C21H26O4/c1-5-6-16(22)20-17(23)9-14(10-18(20)24)19-12(3)11(2)13(4)21-15(19)7-8-25-21/h14,20H,5-10H2,1-4H3. The summed E-state index contributed by atoms with van der Waals surface area (Å²) in [6.45, 7) is 8.74. The number of carbonyl (C=O) groups is 3. The van der Waals surface area contributed by atoms with Crippen molar-refractivity contribution in [2.75, 3.05) is 6.61 Å². The number of Topliss-reactive ketones (excluding diaryl/α,β-unsaturated/α-hetero) is 3. The van der Waals surface area contributed by atoms with E-state index in [1.165, 1.54) is 5.56 Å². The minimum atomic E-state index is -1.02. The van der Waals surface area contributed by atoms with E-state index in [2.05, 4.69) is 20.8 Å². The minimum Gasteiger partial charge on any atom is -0.493 e. The van der Waals surface area contributed by atoms with Crippen LogP contribution in [0.2, 0.25) is 0 Å². The maximum absolute atomic E-state index is 12.6. The second-order valence-corrected chi connectivity index (χ2v) is 7.38. The highest BCUT2D eigenvalue weighted by Gasteiger charge is 2.41. The molecule has 0 atom stereocenters. The third-order valence-corrected chi connectivity index (χ3v) is 5.83. The van der Waals surface area contributed by atoms with Crippen molar-refractivity contribution in [3.05, 3.63) is 27.8 Å². The van der Waals surface area contributed by atoms with Gasteiger partial charge in [0.2, 0.25) is 0 Å². The number of carbonyl (C=O) groups excluding carboxylic acids is 3. The summed E-state index contributed by atoms with van der Waals surface area (Å²) in [4.78, 5) is 37.3. The van der Waals surface area contributed by atoms with Gasteiger partial charge in [0.25, 0.3) is 0 Å². The van der Waals surface area contributed by atoms with E-state index in [0.29, 0.717) is 19.4 Å². The normalized spacial score (nSPS) is 22.7. The Morgan fingerprint density at radius 3 is 2.28 bits per heavy atom. The highest BCUT2D eigenvalue weighted by molar-refractivity contribution is 6.21. The van der Waals surface area contributed by atoms with E-state index in [1.54, 1.807) is 0 Å². The number of fused-ring (bicyclic) bond motifs is 1. The van der Waals surface area contributed by atoms with Crippen LogP contribution in [0.5, 0.6) is 5.75 Å². The summed E-state index contributed by atoms with van der Waals surface area (Å²) in [6.07, 6.45) is 2.35. The summed E-state index contributed by atoms with van der Waals surface area (Å²) in [5.74, 6) is -0.828. The molecule has 1 fully saturated rings. The smallest absolute Gasteiger partial charge is 0.151 e. The summed E-state index contributed by atoms with van der Waals surface area (Å²) in [7, 11) is 0. The molecule has 0 radical (unpaired) electrons. The Balaban J connectivity index is 1.97. The Morgan fingerprint density at radius 1 is 1.04 bits per heavy atom. The third kappa shape index (κ3) is 2.92. The van der Waals surface area contributed by atoms with Crippen LogP contribution in [0.25, 0.3) is 0 Å². The van der Waals surface area contributed by atoms with Crippen molar-refractivity contribution in [2.45, 2.75) is 65.7 Å². The Hall–Kier alpha value is -1.97. The second-order valence-electron chi connectivity index (χ2n) is 7.38. The largest absolute Gasteiger partial charge is 0.493 e. The maximum Gasteiger partial charge on any atom is 0.151 e. The lowest BCUT2D eigenvalue weighted by Crippen LogP contribution is -2.38. The van der Waals surface area contributed by atoms with E-state index in [1.807, 2.05) is 6.92 Å². The molecule has 25 heavy (non-hydrogen) atoms. The summed E-state index contributed by atoms with van der Waals surface area (Å²) in [5, 5.41) is 0. The molecule has 0 amide bonds. The number of hydrogen-bond acceptors (Lipinski definition) is 4. The third-order valence-electron chi connectivity index (χ3n) is 5.83. The van der Waals surface area contributed by atoms with Gasteiger partial charge in [-0.25, -0.2) is 0 Å². The summed E-state index contributed by atoms with van der Waals surface area (Å²) in [6, 6.07) is 0. The molecule has 1 aromatic rings. The number of hydrogen-bond donors (Lipinski definition) is 0. The van der Waals surface area contributed by atoms with E-state index >= 15 is 0 Å². The zero-order chi connectivity index (χ0) is 18.3. The van der Waals surface area contributed by atoms with Gasteiger partial charge in [-0.15, -0.1) is 0 Å². The minimum absolute atomic E-state index is 0.125. The first kappa shape index (κ1) is 17.8. The summed E-state index contributed by atoms with van der Waals surface area (Å²) < 4.78 is 5.82. The van der Waals surface area contributed by atoms with Gasteiger partial charge in [-0.05, 0) is 55.4 Å². The molecule has 0 saturated heterocycles. The molecule has 0 unspecified atom stereocenters. The van der Waals surface area contributed by atoms with Crippen LogP contribution in [0, 0.1) is 26.7 Å². The van der Waals surface area contributed by atoms with E-state index in [0.717, 1.165) is 34.4 Å². The van der Waals surface area contributed by atoms with Crippen molar-refractivity contribution in [2.24, 2.45) is 5.92 Å². The fourth-order valence-electron chi connectivity index (χ4n) is 4.41. The molecule has 4 heteroatoms. The van der Waals surface area contributed by atoms with Gasteiger partial charge >= 0.3 is 0 Å². The molecule has 0 aromatic heterocycles. The average molecular weight is 342 g/mol. The first-order valence-electron chi connectivity index (χ1n) is 9.20. The predicted molar refractivity (Wildman–Crippen MR) is 95.2 cm³/mol. The number of ketones is 3. The van der Waals surface area contributed by atoms with Crippen LogP contribution >= 0.6 is 0 Å². The van der Waals surface area contributed by atoms with Gasteiger partial charge in [0.05, 0.1) is 6.61 Å². The monoisotopic (exact) mass is 342 g/mol. The van der Waals surface area contributed by atoms with Crippen LogP contribution in [0.3, 0.4) is 0 Å². The van der Waals surface area contributed by atoms with E-state index in [9.17, 15) is 14.4 Å². The van der Waals surface area contributed by atoms with Crippen LogP contribution < -0.4 is 4.74 Å². The molecule has 0 N–H and O–H groups in total. The molecule has 0 spiro atoms. The van der Waals surface area contributed by atoms with E-state index in [-0.39, 0.29) is 36.1 Å². The molecule has 0 bridgehead atoms. The SMILES string of the molecule is CCCC(=O)C1C(=O)CC(c2c(C)c(C)c(C)c3c2CCO3)CC1=O. The van der Waals surface area contributed by atoms with E-state index < -0.39 is 5.92 Å². The quantitative estimate of drug-likeness (QED) is 0.785. The topological polar surface area (TPSA) is 60.4 Å². The lowest BCUT2D eigenvalue weighted by Gasteiger charge is -2.29. The Kier molecular flexibility index (Phi) is 4.81. The Labute approximate surface area is 148 Å². The predicted octanol–water partition coefficient (Wildman–Crippen LogP) is 3.55. The fourth-order valence-corrected chi connectivity index (χ4v) is 4.41. The Morgan fingerprint density at radius 2 is 1.68 bits per heavy atom. The van der Waals surface area contributed by atoms with Crippen molar-refractivity contribution in [1.82, 2.24) is 0 Å². The zero-order valence-electron chi connectivity index (χ0n) is 15.5. The molecule has 1 aliphatic carbocycles. The van der Waals surface area contributed by atoms with Crippen molar-refractivity contribution in [3.8, 4) is 5.75 Å². The highest BCUT2D eigenvalue weighted by atomic mass is 16.5. The second kappa shape index (κ2) is 6.74. The molecular formula is C21H26O4. The van der Waals surface area contributed by atoms with Crippen LogP contribution in [0.15, 0.2) is 0 Å². The molecule has 4 nitrogen and oxygen atoms in total. The lowest BCUT2D eigenvalue weighted by molar-refractivity contribution is -0.142. The summed E-state index contributed by atoms with van der Waals surface area (Å²) >= 11 is 0. The van der Waals surface area contributed by atoms with Crippen LogP contribution in [0.1, 0.15) is 66.3 Å². The Bertz CT molecular complexity index is 742. The van der Waals surface area contributed by atoms with Gasteiger partial charge in [-0.1, -0.05) is 6.92 Å². The molecule has 1 aliphatic heterocycles. The fraction of sp³-hybridized carbons (Fsp3) is 0.571. The van der Waals surface area contributed by atoms with Crippen molar-refractivity contribution >= 4 is 17.3 Å². The van der Waals surface area contributed by atoms with E-state index in [4.69, 9.17) is 4.74 Å². The molecule has 1 saturated carbocycles. The first-order valence-corrected chi connectivity index (χ1v) is 9.20. The van der Waals surface area contributed by atoms with Crippen molar-refractivity contribution in [3.63, 3.8) is 0 Å². The van der Waals surface area contributed by atoms with Crippen LogP contribution in [0.4, 0.5) is 0 Å². The number of rotatable bonds is 4. The van der Waals surface area contributed by atoms with Gasteiger partial charge in [0.15, 0.2) is 17.3 Å². The zero-order valence-corrected chi connectivity index (χ0v) is 15.5. The molecule has 1 heterocycles.